The van der Waals surface area contributed by atoms with E-state index in [-0.39, 0.29) is 5.91 Å². The Balaban J connectivity index is 1.85. The highest BCUT2D eigenvalue weighted by atomic mass is 35.5. The van der Waals surface area contributed by atoms with Crippen LogP contribution in [0.2, 0.25) is 5.02 Å². The molecule has 1 aliphatic rings. The third-order valence-corrected chi connectivity index (χ3v) is 4.45. The molecule has 0 spiro atoms. The Morgan fingerprint density at radius 1 is 1.28 bits per heavy atom. The summed E-state index contributed by atoms with van der Waals surface area (Å²) in [6, 6.07) is 7.18. The number of nitrogens with zero attached hydrogens (tertiary/aromatic N) is 3. The Kier molecular flexibility index (Phi) is 4.87. The summed E-state index contributed by atoms with van der Waals surface area (Å²) < 4.78 is 5.49. The molecule has 0 aliphatic carbocycles. The van der Waals surface area contributed by atoms with Crippen LogP contribution < -0.4 is 0 Å². The Morgan fingerprint density at radius 3 is 2.76 bits per heavy atom. The standard InChI is InChI=1S/C17H21ClN4O3/c1-20(2)17(24)25-15-10-21(3)6-7-22(15)16(23)14-9-11-8-12(18)4-5-13(11)19-14/h4-5,8-9,15,19H,6-7,10H2,1-3H3. The van der Waals surface area contributed by atoms with E-state index in [0.717, 1.165) is 10.9 Å². The SMILES string of the molecule is CN1CCN(C(=O)c2cc3cc(Cl)ccc3[nH]2)C(OC(=O)N(C)C)C1. The average Bonchev–Trinajstić information content (AvgIpc) is 2.97. The number of likely N-dealkylation sites (N-methyl/N-ethyl adjacent to an activating group) is 1. The number of aromatic amines is 1. The van der Waals surface area contributed by atoms with E-state index in [4.69, 9.17) is 16.3 Å². The molecule has 1 N–H and O–H groups in total. The van der Waals surface area contributed by atoms with Gasteiger partial charge in [-0.1, -0.05) is 11.6 Å². The highest BCUT2D eigenvalue weighted by molar-refractivity contribution is 6.31. The first-order chi connectivity index (χ1) is 11.8. The lowest BCUT2D eigenvalue weighted by molar-refractivity contribution is -0.0498. The summed E-state index contributed by atoms with van der Waals surface area (Å²) in [7, 11) is 5.16. The number of piperazine rings is 1. The number of amides is 2. The van der Waals surface area contributed by atoms with Crippen molar-refractivity contribution < 1.29 is 14.3 Å². The highest BCUT2D eigenvalue weighted by Gasteiger charge is 2.33. The largest absolute Gasteiger partial charge is 0.424 e. The molecule has 1 aliphatic heterocycles. The van der Waals surface area contributed by atoms with Crippen LogP contribution >= 0.6 is 11.6 Å². The topological polar surface area (TPSA) is 68.9 Å². The summed E-state index contributed by atoms with van der Waals surface area (Å²) >= 11 is 6.01. The van der Waals surface area contributed by atoms with Crippen LogP contribution in [0.5, 0.6) is 0 Å². The summed E-state index contributed by atoms with van der Waals surface area (Å²) in [5.41, 5.74) is 1.29. The van der Waals surface area contributed by atoms with Gasteiger partial charge in [0.2, 0.25) is 0 Å². The summed E-state index contributed by atoms with van der Waals surface area (Å²) in [4.78, 5) is 33.0. The van der Waals surface area contributed by atoms with Crippen molar-refractivity contribution in [2.75, 3.05) is 40.8 Å². The molecular weight excluding hydrogens is 344 g/mol. The second-order valence-electron chi connectivity index (χ2n) is 6.41. The minimum absolute atomic E-state index is 0.197. The number of H-pyrrole nitrogens is 1. The summed E-state index contributed by atoms with van der Waals surface area (Å²) in [6.07, 6.45) is -1.10. The number of hydrogen-bond donors (Lipinski definition) is 1. The van der Waals surface area contributed by atoms with Crippen LogP contribution in [0.4, 0.5) is 4.79 Å². The second kappa shape index (κ2) is 6.93. The number of halogens is 1. The molecule has 8 heteroatoms. The third kappa shape index (κ3) is 3.72. The number of ether oxygens (including phenoxy) is 1. The molecule has 1 aromatic heterocycles. The first-order valence-electron chi connectivity index (χ1n) is 8.01. The van der Waals surface area contributed by atoms with Crippen LogP contribution in [0.3, 0.4) is 0 Å². The lowest BCUT2D eigenvalue weighted by atomic mass is 10.2. The van der Waals surface area contributed by atoms with Gasteiger partial charge in [-0.15, -0.1) is 0 Å². The molecule has 1 unspecified atom stereocenters. The number of carbonyl (C=O) groups is 2. The lowest BCUT2D eigenvalue weighted by Gasteiger charge is -2.39. The third-order valence-electron chi connectivity index (χ3n) is 4.21. The molecule has 134 valence electrons. The van der Waals surface area contributed by atoms with Crippen molar-refractivity contribution in [2.24, 2.45) is 0 Å². The molecule has 1 fully saturated rings. The maximum Gasteiger partial charge on any atom is 0.411 e. The molecule has 7 nitrogen and oxygen atoms in total. The number of hydrogen-bond acceptors (Lipinski definition) is 4. The summed E-state index contributed by atoms with van der Waals surface area (Å²) in [5.74, 6) is -0.197. The van der Waals surface area contributed by atoms with Gasteiger partial charge in [-0.25, -0.2) is 4.79 Å². The van der Waals surface area contributed by atoms with E-state index in [1.54, 1.807) is 37.2 Å². The Morgan fingerprint density at radius 2 is 2.04 bits per heavy atom. The van der Waals surface area contributed by atoms with Crippen LogP contribution in [0.25, 0.3) is 10.9 Å². The van der Waals surface area contributed by atoms with Gasteiger partial charge in [0.05, 0.1) is 6.54 Å². The minimum atomic E-state index is -0.629. The first kappa shape index (κ1) is 17.6. The lowest BCUT2D eigenvalue weighted by Crippen LogP contribution is -2.56. The molecule has 25 heavy (non-hydrogen) atoms. The van der Waals surface area contributed by atoms with E-state index in [9.17, 15) is 9.59 Å². The van der Waals surface area contributed by atoms with Gasteiger partial charge < -0.3 is 14.6 Å². The maximum absolute atomic E-state index is 13.0. The van der Waals surface area contributed by atoms with E-state index in [1.165, 1.54) is 4.90 Å². The highest BCUT2D eigenvalue weighted by Crippen LogP contribution is 2.22. The summed E-state index contributed by atoms with van der Waals surface area (Å²) in [5, 5.41) is 1.48. The fourth-order valence-electron chi connectivity index (χ4n) is 2.81. The smallest absolute Gasteiger partial charge is 0.411 e. The van der Waals surface area contributed by atoms with E-state index in [1.807, 2.05) is 18.0 Å². The van der Waals surface area contributed by atoms with E-state index in [0.29, 0.717) is 30.4 Å². The molecule has 3 rings (SSSR count). The van der Waals surface area contributed by atoms with Crippen LogP contribution in [0, 0.1) is 0 Å². The second-order valence-corrected chi connectivity index (χ2v) is 6.84. The van der Waals surface area contributed by atoms with Gasteiger partial charge in [-0.2, -0.15) is 0 Å². The van der Waals surface area contributed by atoms with Crippen molar-refractivity contribution in [1.82, 2.24) is 19.7 Å². The number of fused-ring (bicyclic) bond motifs is 1. The monoisotopic (exact) mass is 364 g/mol. The number of benzene rings is 1. The van der Waals surface area contributed by atoms with Crippen LogP contribution in [-0.4, -0.2) is 78.7 Å². The van der Waals surface area contributed by atoms with Gasteiger partial charge in [-0.05, 0) is 31.3 Å². The number of aromatic nitrogens is 1. The van der Waals surface area contributed by atoms with Gasteiger partial charge in [0.15, 0.2) is 6.23 Å². The molecular formula is C17H21ClN4O3. The Labute approximate surface area is 151 Å². The zero-order valence-electron chi connectivity index (χ0n) is 14.5. The number of rotatable bonds is 2. The first-order valence-corrected chi connectivity index (χ1v) is 8.38. The predicted octanol–water partition coefficient (Wildman–Crippen LogP) is 2.23. The molecule has 0 saturated carbocycles. The molecule has 1 saturated heterocycles. The molecule has 1 aromatic carbocycles. The quantitative estimate of drug-likeness (QED) is 0.887. The predicted molar refractivity (Wildman–Crippen MR) is 95.8 cm³/mol. The van der Waals surface area contributed by atoms with Crippen molar-refractivity contribution in [1.29, 1.82) is 0 Å². The minimum Gasteiger partial charge on any atom is -0.424 e. The van der Waals surface area contributed by atoms with Crippen LogP contribution in [0.15, 0.2) is 24.3 Å². The average molecular weight is 365 g/mol. The van der Waals surface area contributed by atoms with E-state index < -0.39 is 12.3 Å². The van der Waals surface area contributed by atoms with Gasteiger partial charge >= 0.3 is 6.09 Å². The molecule has 0 bridgehead atoms. The van der Waals surface area contributed by atoms with Crippen molar-refractivity contribution >= 4 is 34.5 Å². The normalized spacial score (nSPS) is 18.4. The molecule has 1 atom stereocenters. The van der Waals surface area contributed by atoms with E-state index >= 15 is 0 Å². The van der Waals surface area contributed by atoms with Gasteiger partial charge in [-0.3, -0.25) is 14.6 Å². The fourth-order valence-corrected chi connectivity index (χ4v) is 2.99. The summed E-state index contributed by atoms with van der Waals surface area (Å²) in [6.45, 7) is 1.67. The van der Waals surface area contributed by atoms with Crippen LogP contribution in [0.1, 0.15) is 10.5 Å². The van der Waals surface area contributed by atoms with Crippen molar-refractivity contribution in [3.05, 3.63) is 35.0 Å². The van der Waals surface area contributed by atoms with E-state index in [2.05, 4.69) is 4.98 Å². The van der Waals surface area contributed by atoms with Crippen molar-refractivity contribution in [3.8, 4) is 0 Å². The van der Waals surface area contributed by atoms with Crippen molar-refractivity contribution in [2.45, 2.75) is 6.23 Å². The van der Waals surface area contributed by atoms with Crippen molar-refractivity contribution in [3.63, 3.8) is 0 Å². The fraction of sp³-hybridized carbons (Fsp3) is 0.412. The Hall–Kier alpha value is -2.25. The molecule has 2 aromatic rings. The Bertz CT molecular complexity index is 804. The maximum atomic E-state index is 13.0. The molecule has 0 radical (unpaired) electrons. The number of nitrogens with one attached hydrogen (secondary N) is 1. The number of carbonyl (C=O) groups excluding carboxylic acids is 2. The van der Waals surface area contributed by atoms with Gasteiger partial charge in [0.25, 0.3) is 5.91 Å². The molecule has 2 amide bonds. The molecule has 2 heterocycles. The van der Waals surface area contributed by atoms with Gasteiger partial charge in [0.1, 0.15) is 5.69 Å². The zero-order chi connectivity index (χ0) is 18.1. The van der Waals surface area contributed by atoms with Crippen LogP contribution in [-0.2, 0) is 4.74 Å². The van der Waals surface area contributed by atoms with Gasteiger partial charge in [0, 0.05) is 43.1 Å². The zero-order valence-corrected chi connectivity index (χ0v) is 15.2.